The van der Waals surface area contributed by atoms with Crippen molar-refractivity contribution in [3.05, 3.63) is 53.6 Å². The van der Waals surface area contributed by atoms with Crippen LogP contribution in [0.15, 0.2) is 36.8 Å². The molecule has 94 valence electrons. The molecule has 4 nitrogen and oxygen atoms in total. The highest BCUT2D eigenvalue weighted by Gasteiger charge is 2.18. The van der Waals surface area contributed by atoms with Crippen LogP contribution in [-0.2, 0) is 6.42 Å². The molecule has 0 aliphatic carbocycles. The highest BCUT2D eigenvalue weighted by Crippen LogP contribution is 2.30. The largest absolute Gasteiger partial charge is 0.493 e. The van der Waals surface area contributed by atoms with E-state index in [1.165, 1.54) is 11.9 Å². The van der Waals surface area contributed by atoms with E-state index >= 15 is 0 Å². The molecular formula is C15H13N3O. The lowest BCUT2D eigenvalue weighted by Gasteiger charge is -2.19. The van der Waals surface area contributed by atoms with Gasteiger partial charge in [0.15, 0.2) is 0 Å². The van der Waals surface area contributed by atoms with Crippen LogP contribution in [0.1, 0.15) is 29.2 Å². The Balaban J connectivity index is 1.99. The van der Waals surface area contributed by atoms with Crippen molar-refractivity contribution in [1.29, 1.82) is 5.26 Å². The predicted molar refractivity (Wildman–Crippen MR) is 69.7 cm³/mol. The maximum absolute atomic E-state index is 9.40. The zero-order valence-corrected chi connectivity index (χ0v) is 10.4. The second-order valence-corrected chi connectivity index (χ2v) is 4.52. The average molecular weight is 251 g/mol. The van der Waals surface area contributed by atoms with Gasteiger partial charge in [0.25, 0.3) is 0 Å². The van der Waals surface area contributed by atoms with Gasteiger partial charge in [-0.25, -0.2) is 9.97 Å². The standard InChI is InChI=1S/C15H13N3O/c16-9-13(14-5-6-17-10-18-14)11-3-4-15-12(8-11)2-1-7-19-15/h3-6,8,10,13H,1-2,7H2. The van der Waals surface area contributed by atoms with Crippen molar-refractivity contribution in [2.75, 3.05) is 6.61 Å². The number of nitrogens with zero attached hydrogens (tertiary/aromatic N) is 3. The Morgan fingerprint density at radius 2 is 2.26 bits per heavy atom. The van der Waals surface area contributed by atoms with Crippen LogP contribution in [0.3, 0.4) is 0 Å². The summed E-state index contributed by atoms with van der Waals surface area (Å²) in [6.45, 7) is 0.778. The molecule has 1 aromatic carbocycles. The highest BCUT2D eigenvalue weighted by atomic mass is 16.5. The number of nitriles is 1. The first-order valence-corrected chi connectivity index (χ1v) is 6.29. The van der Waals surface area contributed by atoms with Gasteiger partial charge in [-0.1, -0.05) is 12.1 Å². The predicted octanol–water partition coefficient (Wildman–Crippen LogP) is 2.46. The summed E-state index contributed by atoms with van der Waals surface area (Å²) in [4.78, 5) is 8.06. The number of fused-ring (bicyclic) bond motifs is 1. The molecule has 2 heterocycles. The summed E-state index contributed by atoms with van der Waals surface area (Å²) in [7, 11) is 0. The van der Waals surface area contributed by atoms with Crippen molar-refractivity contribution in [3.8, 4) is 11.8 Å². The van der Waals surface area contributed by atoms with Crippen molar-refractivity contribution < 1.29 is 4.74 Å². The lowest BCUT2D eigenvalue weighted by molar-refractivity contribution is 0.288. The molecular weight excluding hydrogens is 238 g/mol. The maximum Gasteiger partial charge on any atom is 0.122 e. The SMILES string of the molecule is N#CC(c1ccc2c(c1)CCCO2)c1ccncn1. The Morgan fingerprint density at radius 1 is 1.32 bits per heavy atom. The van der Waals surface area contributed by atoms with Gasteiger partial charge in [-0.3, -0.25) is 0 Å². The zero-order chi connectivity index (χ0) is 13.1. The fourth-order valence-electron chi connectivity index (χ4n) is 2.34. The van der Waals surface area contributed by atoms with Gasteiger partial charge in [-0.15, -0.1) is 0 Å². The van der Waals surface area contributed by atoms with Crippen molar-refractivity contribution in [1.82, 2.24) is 9.97 Å². The van der Waals surface area contributed by atoms with E-state index in [0.717, 1.165) is 36.5 Å². The number of hydrogen-bond acceptors (Lipinski definition) is 4. The molecule has 1 aliphatic heterocycles. The third-order valence-corrected chi connectivity index (χ3v) is 3.30. The molecule has 2 aromatic rings. The molecule has 0 amide bonds. The van der Waals surface area contributed by atoms with E-state index in [1.54, 1.807) is 12.3 Å². The fraction of sp³-hybridized carbons (Fsp3) is 0.267. The van der Waals surface area contributed by atoms with Crippen LogP contribution >= 0.6 is 0 Å². The molecule has 19 heavy (non-hydrogen) atoms. The summed E-state index contributed by atoms with van der Waals surface area (Å²) in [6.07, 6.45) is 5.17. The second-order valence-electron chi connectivity index (χ2n) is 4.52. The Bertz CT molecular complexity index is 619. The second kappa shape index (κ2) is 5.07. The number of hydrogen-bond donors (Lipinski definition) is 0. The molecule has 0 bridgehead atoms. The number of ether oxygens (including phenoxy) is 1. The number of benzene rings is 1. The van der Waals surface area contributed by atoms with Crippen molar-refractivity contribution in [2.24, 2.45) is 0 Å². The van der Waals surface area contributed by atoms with Gasteiger partial charge in [0, 0.05) is 6.20 Å². The van der Waals surface area contributed by atoms with Gasteiger partial charge >= 0.3 is 0 Å². The molecule has 0 fully saturated rings. The molecule has 1 unspecified atom stereocenters. The van der Waals surface area contributed by atoms with Gasteiger partial charge in [-0.05, 0) is 36.1 Å². The Kier molecular flexibility index (Phi) is 3.11. The van der Waals surface area contributed by atoms with E-state index in [1.807, 2.05) is 12.1 Å². The first kappa shape index (κ1) is 11.7. The summed E-state index contributed by atoms with van der Waals surface area (Å²) < 4.78 is 5.59. The topological polar surface area (TPSA) is 58.8 Å². The number of rotatable bonds is 2. The van der Waals surface area contributed by atoms with E-state index in [9.17, 15) is 5.26 Å². The zero-order valence-electron chi connectivity index (χ0n) is 10.4. The molecule has 1 aliphatic rings. The summed E-state index contributed by atoms with van der Waals surface area (Å²) in [5, 5.41) is 9.40. The smallest absolute Gasteiger partial charge is 0.122 e. The average Bonchev–Trinajstić information content (AvgIpc) is 2.49. The van der Waals surface area contributed by atoms with Crippen LogP contribution in [-0.4, -0.2) is 16.6 Å². The van der Waals surface area contributed by atoms with E-state index in [-0.39, 0.29) is 5.92 Å². The number of aromatic nitrogens is 2. The highest BCUT2D eigenvalue weighted by molar-refractivity contribution is 5.43. The third kappa shape index (κ3) is 2.27. The summed E-state index contributed by atoms with van der Waals surface area (Å²) in [6, 6.07) is 10.1. The Hall–Kier alpha value is -2.41. The van der Waals surface area contributed by atoms with Crippen LogP contribution < -0.4 is 4.74 Å². The quantitative estimate of drug-likeness (QED) is 0.822. The molecule has 0 radical (unpaired) electrons. The van der Waals surface area contributed by atoms with Gasteiger partial charge in [0.1, 0.15) is 18.0 Å². The van der Waals surface area contributed by atoms with Crippen LogP contribution in [0.5, 0.6) is 5.75 Å². The minimum absolute atomic E-state index is 0.352. The summed E-state index contributed by atoms with van der Waals surface area (Å²) in [5.74, 6) is 0.588. The molecule has 1 aromatic heterocycles. The number of aryl methyl sites for hydroxylation is 1. The molecule has 0 N–H and O–H groups in total. The van der Waals surface area contributed by atoms with Gasteiger partial charge < -0.3 is 4.74 Å². The van der Waals surface area contributed by atoms with Crippen LogP contribution in [0, 0.1) is 11.3 Å². The van der Waals surface area contributed by atoms with Crippen LogP contribution in [0.25, 0.3) is 0 Å². The molecule has 3 rings (SSSR count). The lowest BCUT2D eigenvalue weighted by Crippen LogP contribution is -2.09. The summed E-state index contributed by atoms with van der Waals surface area (Å²) in [5.41, 5.74) is 2.87. The van der Waals surface area contributed by atoms with Crippen LogP contribution in [0.4, 0.5) is 0 Å². The summed E-state index contributed by atoms with van der Waals surface area (Å²) >= 11 is 0. The van der Waals surface area contributed by atoms with Gasteiger partial charge in [0.2, 0.25) is 0 Å². The third-order valence-electron chi connectivity index (χ3n) is 3.30. The van der Waals surface area contributed by atoms with Crippen LogP contribution in [0.2, 0.25) is 0 Å². The molecule has 1 atom stereocenters. The van der Waals surface area contributed by atoms with Crippen molar-refractivity contribution >= 4 is 0 Å². The maximum atomic E-state index is 9.40. The first-order chi connectivity index (χ1) is 9.38. The van der Waals surface area contributed by atoms with E-state index in [0.29, 0.717) is 0 Å². The van der Waals surface area contributed by atoms with E-state index in [4.69, 9.17) is 4.74 Å². The van der Waals surface area contributed by atoms with Gasteiger partial charge in [0.05, 0.1) is 18.4 Å². The van der Waals surface area contributed by atoms with Crippen molar-refractivity contribution in [2.45, 2.75) is 18.8 Å². The molecule has 0 spiro atoms. The first-order valence-electron chi connectivity index (χ1n) is 6.29. The molecule has 0 saturated carbocycles. The monoisotopic (exact) mass is 251 g/mol. The van der Waals surface area contributed by atoms with Gasteiger partial charge in [-0.2, -0.15) is 5.26 Å². The Morgan fingerprint density at radius 3 is 3.05 bits per heavy atom. The molecule has 4 heteroatoms. The lowest BCUT2D eigenvalue weighted by atomic mass is 9.93. The minimum Gasteiger partial charge on any atom is -0.493 e. The fourth-order valence-corrected chi connectivity index (χ4v) is 2.34. The normalized spacial score (nSPS) is 14.9. The molecule has 0 saturated heterocycles. The van der Waals surface area contributed by atoms with E-state index in [2.05, 4.69) is 22.1 Å². The Labute approximate surface area is 111 Å². The van der Waals surface area contributed by atoms with Crippen molar-refractivity contribution in [3.63, 3.8) is 0 Å². The van der Waals surface area contributed by atoms with E-state index < -0.39 is 0 Å². The minimum atomic E-state index is -0.352.